The molecule has 1 saturated carbocycles. The van der Waals surface area contributed by atoms with Gasteiger partial charge in [0.15, 0.2) is 0 Å². The summed E-state index contributed by atoms with van der Waals surface area (Å²) in [7, 11) is 3.26. The number of methoxy groups -OCH3 is 2. The summed E-state index contributed by atoms with van der Waals surface area (Å²) in [4.78, 5) is 0.367. The molecule has 4 nitrogen and oxygen atoms in total. The first-order valence-electron chi connectivity index (χ1n) is 6.83. The van der Waals surface area contributed by atoms with Crippen LogP contribution in [-0.2, 0) is 4.74 Å². The Hall–Kier alpha value is -0.940. The lowest BCUT2D eigenvalue weighted by atomic mass is 9.91. The number of alkyl halides is 1. The highest BCUT2D eigenvalue weighted by molar-refractivity contribution is 9.09. The molecule has 20 heavy (non-hydrogen) atoms. The third-order valence-corrected chi connectivity index (χ3v) is 4.20. The van der Waals surface area contributed by atoms with Crippen LogP contribution in [0.4, 0.5) is 0 Å². The standard InChI is InChI=1S/C15H21BrO4/c1-4-5-19-15-13(16)9-14(15)20-12-7-10(17-2)6-11(8-12)18-3/h6-8,13-15H,4-5,9H2,1-3H3. The van der Waals surface area contributed by atoms with Gasteiger partial charge in [0, 0.05) is 36.1 Å². The van der Waals surface area contributed by atoms with Crippen LogP contribution in [0, 0.1) is 0 Å². The molecule has 0 radical (unpaired) electrons. The lowest BCUT2D eigenvalue weighted by Crippen LogP contribution is -2.52. The van der Waals surface area contributed by atoms with E-state index < -0.39 is 0 Å². The molecule has 0 N–H and O–H groups in total. The van der Waals surface area contributed by atoms with Crippen LogP contribution in [0.25, 0.3) is 0 Å². The Balaban J connectivity index is 2.02. The molecule has 0 aromatic heterocycles. The number of ether oxygens (including phenoxy) is 4. The van der Waals surface area contributed by atoms with Crippen molar-refractivity contribution in [1.29, 1.82) is 0 Å². The molecule has 0 heterocycles. The quantitative estimate of drug-likeness (QED) is 0.710. The van der Waals surface area contributed by atoms with Crippen molar-refractivity contribution in [2.75, 3.05) is 20.8 Å². The van der Waals surface area contributed by atoms with Gasteiger partial charge in [0.05, 0.1) is 14.2 Å². The SMILES string of the molecule is CCCOC1C(Br)CC1Oc1cc(OC)cc(OC)c1. The maximum absolute atomic E-state index is 6.00. The van der Waals surface area contributed by atoms with Crippen LogP contribution in [0.2, 0.25) is 0 Å². The van der Waals surface area contributed by atoms with Crippen molar-refractivity contribution in [3.05, 3.63) is 18.2 Å². The van der Waals surface area contributed by atoms with Crippen LogP contribution in [-0.4, -0.2) is 37.9 Å². The van der Waals surface area contributed by atoms with Crippen molar-refractivity contribution >= 4 is 15.9 Å². The van der Waals surface area contributed by atoms with Crippen molar-refractivity contribution < 1.29 is 18.9 Å². The number of rotatable bonds is 7. The van der Waals surface area contributed by atoms with Gasteiger partial charge in [0.25, 0.3) is 0 Å². The summed E-state index contributed by atoms with van der Waals surface area (Å²) < 4.78 is 22.3. The minimum Gasteiger partial charge on any atom is -0.496 e. The topological polar surface area (TPSA) is 36.9 Å². The fourth-order valence-electron chi connectivity index (χ4n) is 2.13. The molecule has 1 aromatic rings. The van der Waals surface area contributed by atoms with Crippen LogP contribution >= 0.6 is 15.9 Å². The summed E-state index contributed by atoms with van der Waals surface area (Å²) in [5, 5.41) is 0. The second-order valence-corrected chi connectivity index (χ2v) is 5.97. The van der Waals surface area contributed by atoms with Crippen LogP contribution in [0.3, 0.4) is 0 Å². The number of hydrogen-bond acceptors (Lipinski definition) is 4. The van der Waals surface area contributed by atoms with Crippen molar-refractivity contribution in [3.63, 3.8) is 0 Å². The van der Waals surface area contributed by atoms with E-state index >= 15 is 0 Å². The minimum absolute atomic E-state index is 0.0720. The maximum Gasteiger partial charge on any atom is 0.127 e. The van der Waals surface area contributed by atoms with Gasteiger partial charge in [-0.25, -0.2) is 0 Å². The molecule has 1 aliphatic rings. The molecule has 0 spiro atoms. The molecule has 0 bridgehead atoms. The first-order valence-corrected chi connectivity index (χ1v) is 7.75. The van der Waals surface area contributed by atoms with Crippen LogP contribution in [0.1, 0.15) is 19.8 Å². The maximum atomic E-state index is 6.00. The van der Waals surface area contributed by atoms with Crippen molar-refractivity contribution in [2.24, 2.45) is 0 Å². The summed E-state index contributed by atoms with van der Waals surface area (Å²) in [5.41, 5.74) is 0. The molecular formula is C15H21BrO4. The highest BCUT2D eigenvalue weighted by atomic mass is 79.9. The zero-order chi connectivity index (χ0) is 14.5. The molecular weight excluding hydrogens is 324 g/mol. The van der Waals surface area contributed by atoms with E-state index in [4.69, 9.17) is 18.9 Å². The van der Waals surface area contributed by atoms with Gasteiger partial charge in [-0.05, 0) is 6.42 Å². The Morgan fingerprint density at radius 1 is 1.10 bits per heavy atom. The lowest BCUT2D eigenvalue weighted by Gasteiger charge is -2.40. The third-order valence-electron chi connectivity index (χ3n) is 3.31. The normalized spacial score (nSPS) is 24.9. The van der Waals surface area contributed by atoms with E-state index in [-0.39, 0.29) is 12.2 Å². The zero-order valence-corrected chi connectivity index (χ0v) is 13.7. The Bertz CT molecular complexity index is 416. The second-order valence-electron chi connectivity index (χ2n) is 4.79. The monoisotopic (exact) mass is 344 g/mol. The molecule has 0 amide bonds. The van der Waals surface area contributed by atoms with E-state index in [1.807, 2.05) is 18.2 Å². The molecule has 3 unspecified atom stereocenters. The van der Waals surface area contributed by atoms with E-state index in [9.17, 15) is 0 Å². The number of halogens is 1. The first kappa shape index (κ1) is 15.4. The fourth-order valence-corrected chi connectivity index (χ4v) is 2.99. The molecule has 0 saturated heterocycles. The Labute approximate surface area is 128 Å². The molecule has 1 aliphatic carbocycles. The summed E-state index contributed by atoms with van der Waals surface area (Å²) in [6, 6.07) is 5.55. The molecule has 2 rings (SSSR count). The van der Waals surface area contributed by atoms with Gasteiger partial charge in [-0.3, -0.25) is 0 Å². The van der Waals surface area contributed by atoms with Gasteiger partial charge in [-0.1, -0.05) is 22.9 Å². The van der Waals surface area contributed by atoms with Crippen molar-refractivity contribution in [3.8, 4) is 17.2 Å². The van der Waals surface area contributed by atoms with E-state index in [0.29, 0.717) is 4.83 Å². The molecule has 1 aromatic carbocycles. The highest BCUT2D eigenvalue weighted by Gasteiger charge is 2.42. The predicted molar refractivity (Wildman–Crippen MR) is 81.3 cm³/mol. The minimum atomic E-state index is 0.0720. The van der Waals surface area contributed by atoms with E-state index in [1.54, 1.807) is 14.2 Å². The summed E-state index contributed by atoms with van der Waals surface area (Å²) in [6.45, 7) is 2.86. The summed E-state index contributed by atoms with van der Waals surface area (Å²) in [5.74, 6) is 2.19. The largest absolute Gasteiger partial charge is 0.496 e. The highest BCUT2D eigenvalue weighted by Crippen LogP contribution is 2.36. The van der Waals surface area contributed by atoms with Gasteiger partial charge in [-0.15, -0.1) is 0 Å². The first-order chi connectivity index (χ1) is 9.67. The average Bonchev–Trinajstić information content (AvgIpc) is 2.46. The Morgan fingerprint density at radius 2 is 1.70 bits per heavy atom. The fraction of sp³-hybridized carbons (Fsp3) is 0.600. The average molecular weight is 345 g/mol. The van der Waals surface area contributed by atoms with Gasteiger partial charge < -0.3 is 18.9 Å². The van der Waals surface area contributed by atoms with Gasteiger partial charge in [0.1, 0.15) is 29.5 Å². The van der Waals surface area contributed by atoms with E-state index in [1.165, 1.54) is 0 Å². The summed E-state index contributed by atoms with van der Waals surface area (Å²) in [6.07, 6.45) is 2.12. The molecule has 0 aliphatic heterocycles. The molecule has 1 fully saturated rings. The molecule has 5 heteroatoms. The Morgan fingerprint density at radius 3 is 2.20 bits per heavy atom. The number of benzene rings is 1. The molecule has 112 valence electrons. The lowest BCUT2D eigenvalue weighted by molar-refractivity contribution is -0.0762. The van der Waals surface area contributed by atoms with Gasteiger partial charge in [-0.2, -0.15) is 0 Å². The van der Waals surface area contributed by atoms with Crippen LogP contribution in [0.15, 0.2) is 18.2 Å². The second kappa shape index (κ2) is 7.18. The van der Waals surface area contributed by atoms with Crippen LogP contribution < -0.4 is 14.2 Å². The smallest absolute Gasteiger partial charge is 0.127 e. The zero-order valence-electron chi connectivity index (χ0n) is 12.1. The van der Waals surface area contributed by atoms with Gasteiger partial charge >= 0.3 is 0 Å². The van der Waals surface area contributed by atoms with Crippen molar-refractivity contribution in [2.45, 2.75) is 36.8 Å². The van der Waals surface area contributed by atoms with E-state index in [2.05, 4.69) is 22.9 Å². The number of hydrogen-bond donors (Lipinski definition) is 0. The van der Waals surface area contributed by atoms with E-state index in [0.717, 1.165) is 36.7 Å². The van der Waals surface area contributed by atoms with Crippen LogP contribution in [0.5, 0.6) is 17.2 Å². The predicted octanol–water partition coefficient (Wildman–Crippen LogP) is 3.41. The van der Waals surface area contributed by atoms with Crippen molar-refractivity contribution in [1.82, 2.24) is 0 Å². The molecule has 3 atom stereocenters. The third kappa shape index (κ3) is 3.58. The Kier molecular flexibility index (Phi) is 5.54. The summed E-state index contributed by atoms with van der Waals surface area (Å²) >= 11 is 3.61. The van der Waals surface area contributed by atoms with Gasteiger partial charge in [0.2, 0.25) is 0 Å².